The standard InChI is InChI=1S/C23H46N3O8P/c1-20(2)26(21(3)4)35(33-11-6-8-24)34-23(18-27)19-32-17-16-31-15-14-30-13-12-29-10-7-9-25-22(5)28/h20-21,23,27H,6-7,9-19H2,1-5H3,(H,25,28). The molecule has 0 aromatic heterocycles. The highest BCUT2D eigenvalue weighted by Crippen LogP contribution is 2.47. The lowest BCUT2D eigenvalue weighted by Crippen LogP contribution is -2.36. The summed E-state index contributed by atoms with van der Waals surface area (Å²) in [5.74, 6) is -0.0350. The first-order chi connectivity index (χ1) is 16.8. The van der Waals surface area contributed by atoms with E-state index in [1.54, 1.807) is 0 Å². The summed E-state index contributed by atoms with van der Waals surface area (Å²) in [7, 11) is -1.44. The van der Waals surface area contributed by atoms with Crippen LogP contribution in [0.1, 0.15) is 47.5 Å². The first kappa shape index (κ1) is 34.1. The third-order valence-electron chi connectivity index (χ3n) is 4.36. The number of nitrogens with zero attached hydrogens (tertiary/aromatic N) is 2. The van der Waals surface area contributed by atoms with Crippen LogP contribution in [0.25, 0.3) is 0 Å². The summed E-state index contributed by atoms with van der Waals surface area (Å²) in [5.41, 5.74) is 0. The first-order valence-corrected chi connectivity index (χ1v) is 13.4. The number of carbonyl (C=O) groups is 1. The molecule has 2 atom stereocenters. The van der Waals surface area contributed by atoms with Crippen LogP contribution in [0.2, 0.25) is 0 Å². The molecule has 0 saturated heterocycles. The van der Waals surface area contributed by atoms with Crippen LogP contribution in [0.15, 0.2) is 0 Å². The van der Waals surface area contributed by atoms with Crippen molar-refractivity contribution in [3.8, 4) is 6.07 Å². The molecule has 0 aromatic carbocycles. The van der Waals surface area contributed by atoms with Crippen LogP contribution in [-0.2, 0) is 32.8 Å². The predicted octanol–water partition coefficient (Wildman–Crippen LogP) is 2.23. The number of amides is 1. The van der Waals surface area contributed by atoms with Crippen molar-refractivity contribution in [2.45, 2.75) is 65.6 Å². The van der Waals surface area contributed by atoms with Crippen LogP contribution in [0, 0.1) is 11.3 Å². The van der Waals surface area contributed by atoms with Gasteiger partial charge in [0.05, 0.1) is 72.0 Å². The lowest BCUT2D eigenvalue weighted by atomic mass is 10.3. The van der Waals surface area contributed by atoms with Gasteiger partial charge >= 0.3 is 0 Å². The highest BCUT2D eigenvalue weighted by molar-refractivity contribution is 7.44. The molecule has 2 unspecified atom stereocenters. The minimum Gasteiger partial charge on any atom is -0.394 e. The molecule has 35 heavy (non-hydrogen) atoms. The number of hydrogen-bond donors (Lipinski definition) is 2. The molecule has 0 rings (SSSR count). The number of ether oxygens (including phenoxy) is 4. The van der Waals surface area contributed by atoms with Gasteiger partial charge in [-0.2, -0.15) is 5.26 Å². The predicted molar refractivity (Wildman–Crippen MR) is 134 cm³/mol. The van der Waals surface area contributed by atoms with Gasteiger partial charge in [-0.05, 0) is 34.1 Å². The highest BCUT2D eigenvalue weighted by Gasteiger charge is 2.29. The van der Waals surface area contributed by atoms with Gasteiger partial charge in [-0.1, -0.05) is 0 Å². The van der Waals surface area contributed by atoms with Gasteiger partial charge in [0.2, 0.25) is 5.91 Å². The maximum absolute atomic E-state index is 10.7. The van der Waals surface area contributed by atoms with E-state index in [0.717, 1.165) is 6.42 Å². The summed E-state index contributed by atoms with van der Waals surface area (Å²) < 4.78 is 35.9. The maximum Gasteiger partial charge on any atom is 0.259 e. The van der Waals surface area contributed by atoms with E-state index in [4.69, 9.17) is 33.3 Å². The smallest absolute Gasteiger partial charge is 0.259 e. The first-order valence-electron chi connectivity index (χ1n) is 12.2. The summed E-state index contributed by atoms with van der Waals surface area (Å²) in [6.45, 7) is 13.9. The zero-order valence-corrected chi connectivity index (χ0v) is 23.0. The SMILES string of the molecule is CC(=O)NCCCOCCOCCOCCOCC(CO)OP(OCCC#N)N(C(C)C)C(C)C. The fourth-order valence-electron chi connectivity index (χ4n) is 2.85. The summed E-state index contributed by atoms with van der Waals surface area (Å²) in [6.07, 6.45) is 0.513. The van der Waals surface area contributed by atoms with Gasteiger partial charge in [0, 0.05) is 32.2 Å². The van der Waals surface area contributed by atoms with E-state index >= 15 is 0 Å². The fourth-order valence-corrected chi connectivity index (χ4v) is 4.54. The molecule has 0 bridgehead atoms. The molecule has 0 aliphatic rings. The zero-order chi connectivity index (χ0) is 26.3. The van der Waals surface area contributed by atoms with Gasteiger partial charge in [-0.25, -0.2) is 4.67 Å². The third kappa shape index (κ3) is 19.9. The van der Waals surface area contributed by atoms with E-state index in [-0.39, 0.29) is 44.2 Å². The minimum atomic E-state index is -1.44. The minimum absolute atomic E-state index is 0.0350. The fraction of sp³-hybridized carbons (Fsp3) is 0.913. The summed E-state index contributed by atoms with van der Waals surface area (Å²) in [6, 6.07) is 2.43. The van der Waals surface area contributed by atoms with E-state index in [1.807, 2.05) is 0 Å². The van der Waals surface area contributed by atoms with Gasteiger partial charge in [-0.3, -0.25) is 4.79 Å². The average molecular weight is 524 g/mol. The van der Waals surface area contributed by atoms with Crippen molar-refractivity contribution in [3.63, 3.8) is 0 Å². The molecule has 0 heterocycles. The van der Waals surface area contributed by atoms with Crippen molar-refractivity contribution in [1.29, 1.82) is 5.26 Å². The number of carbonyl (C=O) groups excluding carboxylic acids is 1. The number of hydrogen-bond acceptors (Lipinski definition) is 10. The van der Waals surface area contributed by atoms with Gasteiger partial charge in [-0.15, -0.1) is 0 Å². The molecule has 0 saturated carbocycles. The summed E-state index contributed by atoms with van der Waals surface area (Å²) in [5, 5.41) is 21.2. The number of aliphatic hydroxyl groups excluding tert-OH is 1. The number of rotatable bonds is 24. The molecule has 0 spiro atoms. The Hall–Kier alpha value is -0.930. The molecule has 0 fully saturated rings. The van der Waals surface area contributed by atoms with Crippen LogP contribution >= 0.6 is 8.53 Å². The van der Waals surface area contributed by atoms with Crippen molar-refractivity contribution in [2.75, 3.05) is 72.6 Å². The topological polar surface area (TPSA) is 132 Å². The second-order valence-electron chi connectivity index (χ2n) is 8.21. The number of aliphatic hydroxyl groups is 1. The molecule has 2 N–H and O–H groups in total. The normalized spacial score (nSPS) is 13.4. The largest absolute Gasteiger partial charge is 0.394 e. The van der Waals surface area contributed by atoms with E-state index in [1.165, 1.54) is 6.92 Å². The van der Waals surface area contributed by atoms with Gasteiger partial charge < -0.3 is 38.4 Å². The molecule has 12 heteroatoms. The quantitative estimate of drug-likeness (QED) is 0.143. The molecule has 11 nitrogen and oxygen atoms in total. The van der Waals surface area contributed by atoms with Crippen molar-refractivity contribution < 1.29 is 37.9 Å². The Morgan fingerprint density at radius 1 is 0.943 bits per heavy atom. The Morgan fingerprint density at radius 2 is 1.49 bits per heavy atom. The maximum atomic E-state index is 10.7. The van der Waals surface area contributed by atoms with Gasteiger partial charge in [0.25, 0.3) is 8.53 Å². The zero-order valence-electron chi connectivity index (χ0n) is 22.1. The van der Waals surface area contributed by atoms with Crippen molar-refractivity contribution in [2.24, 2.45) is 0 Å². The second kappa shape index (κ2) is 23.5. The van der Waals surface area contributed by atoms with Crippen LogP contribution in [0.5, 0.6) is 0 Å². The molecule has 0 aliphatic heterocycles. The van der Waals surface area contributed by atoms with E-state index in [0.29, 0.717) is 52.8 Å². The van der Waals surface area contributed by atoms with E-state index < -0.39 is 14.6 Å². The van der Waals surface area contributed by atoms with Crippen molar-refractivity contribution in [1.82, 2.24) is 9.99 Å². The lowest BCUT2D eigenvalue weighted by molar-refractivity contribution is -0.119. The molecule has 0 radical (unpaired) electrons. The van der Waals surface area contributed by atoms with Crippen LogP contribution in [0.4, 0.5) is 0 Å². The van der Waals surface area contributed by atoms with Crippen LogP contribution < -0.4 is 5.32 Å². The Morgan fingerprint density at radius 3 is 1.97 bits per heavy atom. The monoisotopic (exact) mass is 523 g/mol. The van der Waals surface area contributed by atoms with Gasteiger partial charge in [0.1, 0.15) is 6.10 Å². The Kier molecular flexibility index (Phi) is 22.8. The number of nitrogens with one attached hydrogen (secondary N) is 1. The van der Waals surface area contributed by atoms with E-state index in [9.17, 15) is 9.90 Å². The molecule has 1 amide bonds. The lowest BCUT2D eigenvalue weighted by Gasteiger charge is -2.37. The van der Waals surface area contributed by atoms with Gasteiger partial charge in [0.15, 0.2) is 0 Å². The summed E-state index contributed by atoms with van der Waals surface area (Å²) in [4.78, 5) is 10.7. The molecule has 0 aromatic rings. The average Bonchev–Trinajstić information content (AvgIpc) is 2.79. The van der Waals surface area contributed by atoms with Crippen LogP contribution in [-0.4, -0.2) is 106 Å². The molecule has 206 valence electrons. The van der Waals surface area contributed by atoms with Crippen LogP contribution in [0.3, 0.4) is 0 Å². The Labute approximate surface area is 212 Å². The second-order valence-corrected chi connectivity index (χ2v) is 9.61. The summed E-state index contributed by atoms with van der Waals surface area (Å²) >= 11 is 0. The van der Waals surface area contributed by atoms with Crippen molar-refractivity contribution >= 4 is 14.4 Å². The highest BCUT2D eigenvalue weighted by atomic mass is 31.2. The molecular weight excluding hydrogens is 477 g/mol. The Balaban J connectivity index is 3.95. The van der Waals surface area contributed by atoms with E-state index in [2.05, 4.69) is 43.8 Å². The third-order valence-corrected chi connectivity index (χ3v) is 6.55. The molecular formula is C23H46N3O8P. The Bertz CT molecular complexity index is 543. The number of nitriles is 1. The molecule has 0 aliphatic carbocycles. The van der Waals surface area contributed by atoms with Crippen molar-refractivity contribution in [3.05, 3.63) is 0 Å².